The van der Waals surface area contributed by atoms with E-state index in [1.54, 1.807) is 0 Å². The zero-order valence-electron chi connectivity index (χ0n) is 21.5. The van der Waals surface area contributed by atoms with Crippen molar-refractivity contribution in [1.29, 1.82) is 5.26 Å². The van der Waals surface area contributed by atoms with E-state index >= 15 is 0 Å². The van der Waals surface area contributed by atoms with Crippen LogP contribution in [0.15, 0.2) is 66.7 Å². The van der Waals surface area contributed by atoms with Crippen molar-refractivity contribution < 1.29 is 50.9 Å². The summed E-state index contributed by atoms with van der Waals surface area (Å²) in [5.74, 6) is -2.76. The van der Waals surface area contributed by atoms with Gasteiger partial charge in [0.25, 0.3) is 5.91 Å². The summed E-state index contributed by atoms with van der Waals surface area (Å²) in [7, 11) is 0. The molecule has 0 aliphatic carbocycles. The second kappa shape index (κ2) is 11.0. The van der Waals surface area contributed by atoms with Crippen LogP contribution in [0.5, 0.6) is 17.4 Å². The Morgan fingerprint density at radius 2 is 1.70 bits per heavy atom. The summed E-state index contributed by atoms with van der Waals surface area (Å²) in [6.07, 6.45) is -8.82. The van der Waals surface area contributed by atoms with Gasteiger partial charge in [0, 0.05) is 12.1 Å². The number of aromatic nitrogens is 2. The van der Waals surface area contributed by atoms with E-state index < -0.39 is 41.5 Å². The summed E-state index contributed by atoms with van der Waals surface area (Å²) in [5, 5.41) is 24.7. The van der Waals surface area contributed by atoms with Gasteiger partial charge < -0.3 is 24.6 Å². The number of aromatic carboxylic acids is 1. The van der Waals surface area contributed by atoms with Gasteiger partial charge in [0.1, 0.15) is 18.2 Å². The zero-order chi connectivity index (χ0) is 30.9. The van der Waals surface area contributed by atoms with E-state index in [-0.39, 0.29) is 41.5 Å². The fraction of sp³-hybridized carbons (Fsp3) is 0.143. The SMILES string of the molecule is N#Cc1c(C(F)(F)F)nn(-c2cccc(C(=O)NCc3ccc4c(c3)OC(F)(F)O4)c2)c1OCc1ccc(C(=O)O)cc1. The highest BCUT2D eigenvalue weighted by Gasteiger charge is 2.43. The molecular formula is C28H17F5N4O6. The molecule has 0 radical (unpaired) electrons. The number of amides is 1. The largest absolute Gasteiger partial charge is 0.586 e. The van der Waals surface area contributed by atoms with Crippen LogP contribution in [-0.2, 0) is 19.3 Å². The van der Waals surface area contributed by atoms with Gasteiger partial charge in [-0.3, -0.25) is 4.79 Å². The zero-order valence-corrected chi connectivity index (χ0v) is 21.5. The summed E-state index contributed by atoms with van der Waals surface area (Å²) >= 11 is 0. The van der Waals surface area contributed by atoms with Crippen LogP contribution < -0.4 is 19.5 Å². The van der Waals surface area contributed by atoms with Crippen molar-refractivity contribution in [2.45, 2.75) is 25.6 Å². The van der Waals surface area contributed by atoms with Crippen LogP contribution in [0.3, 0.4) is 0 Å². The van der Waals surface area contributed by atoms with E-state index in [4.69, 9.17) is 9.84 Å². The van der Waals surface area contributed by atoms with Crippen LogP contribution in [-0.4, -0.2) is 33.1 Å². The molecule has 10 nitrogen and oxygen atoms in total. The number of nitrogens with one attached hydrogen (secondary N) is 1. The number of ether oxygens (including phenoxy) is 3. The minimum Gasteiger partial charge on any atom is -0.478 e. The monoisotopic (exact) mass is 600 g/mol. The fourth-order valence-corrected chi connectivity index (χ4v) is 4.07. The highest BCUT2D eigenvalue weighted by atomic mass is 19.4. The molecule has 0 atom stereocenters. The van der Waals surface area contributed by atoms with Gasteiger partial charge in [0.15, 0.2) is 17.2 Å². The number of halogens is 5. The van der Waals surface area contributed by atoms with Crippen LogP contribution in [0.1, 0.15) is 43.1 Å². The molecule has 1 aliphatic rings. The number of hydrogen-bond donors (Lipinski definition) is 2. The van der Waals surface area contributed by atoms with Crippen LogP contribution in [0.25, 0.3) is 5.69 Å². The summed E-state index contributed by atoms with van der Waals surface area (Å²) in [4.78, 5) is 24.0. The lowest BCUT2D eigenvalue weighted by Crippen LogP contribution is -2.26. The second-order valence-electron chi connectivity index (χ2n) is 9.02. The minimum atomic E-state index is -5.01. The van der Waals surface area contributed by atoms with E-state index in [1.807, 2.05) is 0 Å². The van der Waals surface area contributed by atoms with E-state index in [0.717, 1.165) is 4.68 Å². The molecule has 15 heteroatoms. The molecule has 1 aromatic heterocycles. The van der Waals surface area contributed by atoms with Crippen LogP contribution in [0.4, 0.5) is 22.0 Å². The maximum atomic E-state index is 13.8. The lowest BCUT2D eigenvalue weighted by Gasteiger charge is -2.11. The Hall–Kier alpha value is -5.65. The summed E-state index contributed by atoms with van der Waals surface area (Å²) in [5.41, 5.74) is -1.65. The molecule has 5 rings (SSSR count). The molecule has 1 amide bonds. The molecule has 220 valence electrons. The van der Waals surface area contributed by atoms with E-state index in [1.165, 1.54) is 72.8 Å². The first-order valence-corrected chi connectivity index (χ1v) is 12.2. The van der Waals surface area contributed by atoms with Crippen molar-refractivity contribution in [2.75, 3.05) is 0 Å². The topological polar surface area (TPSA) is 136 Å². The number of carbonyl (C=O) groups is 2. The molecular weight excluding hydrogens is 583 g/mol. The molecule has 1 aliphatic heterocycles. The number of benzene rings is 3. The smallest absolute Gasteiger partial charge is 0.478 e. The van der Waals surface area contributed by atoms with Crippen molar-refractivity contribution in [2.24, 2.45) is 0 Å². The van der Waals surface area contributed by atoms with Crippen molar-refractivity contribution in [3.63, 3.8) is 0 Å². The number of carboxylic acids is 1. The Labute approximate surface area is 238 Å². The quantitative estimate of drug-likeness (QED) is 0.261. The number of fused-ring (bicyclic) bond motifs is 1. The van der Waals surface area contributed by atoms with E-state index in [0.29, 0.717) is 11.1 Å². The lowest BCUT2D eigenvalue weighted by atomic mass is 10.1. The predicted molar refractivity (Wildman–Crippen MR) is 135 cm³/mol. The summed E-state index contributed by atoms with van der Waals surface area (Å²) in [6, 6.07) is 16.1. The maximum Gasteiger partial charge on any atom is 0.586 e. The Morgan fingerprint density at radius 3 is 2.37 bits per heavy atom. The van der Waals surface area contributed by atoms with Gasteiger partial charge in [-0.05, 0) is 53.6 Å². The molecule has 0 saturated heterocycles. The van der Waals surface area contributed by atoms with Crippen molar-refractivity contribution in [1.82, 2.24) is 15.1 Å². The first kappa shape index (κ1) is 28.9. The first-order chi connectivity index (χ1) is 20.3. The number of nitriles is 1. The Morgan fingerprint density at radius 1 is 1.00 bits per heavy atom. The molecule has 3 aromatic carbocycles. The Kier molecular flexibility index (Phi) is 7.36. The van der Waals surface area contributed by atoms with Gasteiger partial charge in [-0.15, -0.1) is 8.78 Å². The molecule has 43 heavy (non-hydrogen) atoms. The third kappa shape index (κ3) is 6.17. The predicted octanol–water partition coefficient (Wildman–Crippen LogP) is 5.29. The average Bonchev–Trinajstić information content (AvgIpc) is 3.50. The molecule has 0 unspecified atom stereocenters. The van der Waals surface area contributed by atoms with Gasteiger partial charge in [0.2, 0.25) is 5.88 Å². The van der Waals surface area contributed by atoms with Crippen molar-refractivity contribution in [3.8, 4) is 29.1 Å². The lowest BCUT2D eigenvalue weighted by molar-refractivity contribution is -0.286. The maximum absolute atomic E-state index is 13.8. The number of alkyl halides is 5. The molecule has 4 aromatic rings. The number of rotatable bonds is 8. The third-order valence-corrected chi connectivity index (χ3v) is 6.07. The van der Waals surface area contributed by atoms with Crippen LogP contribution in [0.2, 0.25) is 0 Å². The number of nitrogens with zero attached hydrogens (tertiary/aromatic N) is 3. The number of carboxylic acid groups (broad SMARTS) is 1. The second-order valence-corrected chi connectivity index (χ2v) is 9.02. The molecule has 0 fully saturated rings. The van der Waals surface area contributed by atoms with Crippen molar-refractivity contribution >= 4 is 11.9 Å². The van der Waals surface area contributed by atoms with Crippen molar-refractivity contribution in [3.05, 3.63) is 100 Å². The molecule has 0 spiro atoms. The molecule has 0 saturated carbocycles. The molecule has 2 N–H and O–H groups in total. The van der Waals surface area contributed by atoms with E-state index in [9.17, 15) is 36.8 Å². The van der Waals surface area contributed by atoms with Crippen LogP contribution in [0, 0.1) is 11.3 Å². The average molecular weight is 600 g/mol. The Bertz CT molecular complexity index is 1760. The molecule has 0 bridgehead atoms. The standard InChI is InChI=1S/C28H17F5N4O6/c29-27(30,31)23-20(12-34)25(41-14-15-4-7-17(8-5-15)26(39)40)37(36-23)19-3-1-2-18(11-19)24(38)35-13-16-6-9-21-22(10-16)43-28(32,33)42-21/h1-11H,13-14H2,(H,35,38)(H,39,40). The van der Waals surface area contributed by atoms with Gasteiger partial charge in [-0.2, -0.15) is 28.2 Å². The van der Waals surface area contributed by atoms with Gasteiger partial charge >= 0.3 is 18.4 Å². The third-order valence-electron chi connectivity index (χ3n) is 6.07. The number of hydrogen-bond acceptors (Lipinski definition) is 7. The van der Waals surface area contributed by atoms with Gasteiger partial charge in [0.05, 0.1) is 11.3 Å². The normalized spacial score (nSPS) is 13.3. The van der Waals surface area contributed by atoms with E-state index in [2.05, 4.69) is 19.9 Å². The summed E-state index contributed by atoms with van der Waals surface area (Å²) < 4.78 is 82.9. The Balaban J connectivity index is 1.39. The van der Waals surface area contributed by atoms with Gasteiger partial charge in [-0.25, -0.2) is 4.79 Å². The first-order valence-electron chi connectivity index (χ1n) is 12.2. The molecule has 2 heterocycles. The number of carbonyl (C=O) groups excluding carboxylic acids is 1. The fourth-order valence-electron chi connectivity index (χ4n) is 4.07. The summed E-state index contributed by atoms with van der Waals surface area (Å²) in [6.45, 7) is -0.446. The highest BCUT2D eigenvalue weighted by Crippen LogP contribution is 2.41. The highest BCUT2D eigenvalue weighted by molar-refractivity contribution is 5.94. The van der Waals surface area contributed by atoms with Crippen LogP contribution >= 0.6 is 0 Å². The minimum absolute atomic E-state index is 0.00236. The van der Waals surface area contributed by atoms with Gasteiger partial charge in [-0.1, -0.05) is 24.3 Å².